The third-order valence-electron chi connectivity index (χ3n) is 2.54. The number of rotatable bonds is 2. The number of hydrogen-bond donors (Lipinski definition) is 0. The van der Waals surface area contributed by atoms with Crippen LogP contribution in [0.4, 0.5) is 13.2 Å². The summed E-state index contributed by atoms with van der Waals surface area (Å²) in [4.78, 5) is -0.889. The minimum absolute atomic E-state index is 0.160. The zero-order chi connectivity index (χ0) is 14.1. The number of alkyl halides is 3. The Kier molecular flexibility index (Phi) is 3.36. The molecule has 0 fully saturated rings. The van der Waals surface area contributed by atoms with Gasteiger partial charge in [-0.1, -0.05) is 30.3 Å². The molecule has 0 aliphatic heterocycles. The van der Waals surface area contributed by atoms with Gasteiger partial charge in [-0.2, -0.15) is 13.2 Å². The highest BCUT2D eigenvalue weighted by Crippen LogP contribution is 2.36. The van der Waals surface area contributed by atoms with E-state index >= 15 is 0 Å². The van der Waals surface area contributed by atoms with Crippen LogP contribution in [-0.4, -0.2) is 8.42 Å². The maximum atomic E-state index is 12.8. The van der Waals surface area contributed by atoms with Crippen LogP contribution < -0.4 is 0 Å². The van der Waals surface area contributed by atoms with Crippen LogP contribution in [0.25, 0.3) is 0 Å². The highest BCUT2D eigenvalue weighted by molar-refractivity contribution is 7.91. The molecule has 0 saturated carbocycles. The van der Waals surface area contributed by atoms with E-state index in [9.17, 15) is 21.6 Å². The SMILES string of the molecule is O=S(=O)(c1ccccc1)c1ccccc1C(F)(F)F. The Balaban J connectivity index is 2.67. The van der Waals surface area contributed by atoms with Gasteiger partial charge >= 0.3 is 6.18 Å². The molecule has 2 rings (SSSR count). The van der Waals surface area contributed by atoms with E-state index in [-0.39, 0.29) is 4.90 Å². The quantitative estimate of drug-likeness (QED) is 0.846. The first-order valence-electron chi connectivity index (χ1n) is 5.30. The molecule has 19 heavy (non-hydrogen) atoms. The first-order valence-corrected chi connectivity index (χ1v) is 6.78. The van der Waals surface area contributed by atoms with Crippen molar-refractivity contribution in [2.45, 2.75) is 16.0 Å². The second-order valence-electron chi connectivity index (χ2n) is 3.81. The van der Waals surface area contributed by atoms with Crippen LogP contribution in [-0.2, 0) is 16.0 Å². The van der Waals surface area contributed by atoms with Gasteiger partial charge in [0.15, 0.2) is 0 Å². The van der Waals surface area contributed by atoms with Gasteiger partial charge in [-0.05, 0) is 24.3 Å². The van der Waals surface area contributed by atoms with Gasteiger partial charge in [-0.25, -0.2) is 8.42 Å². The average molecular weight is 286 g/mol. The second-order valence-corrected chi connectivity index (χ2v) is 5.73. The Morgan fingerprint density at radius 2 is 1.32 bits per heavy atom. The third-order valence-corrected chi connectivity index (χ3v) is 4.36. The number of hydrogen-bond acceptors (Lipinski definition) is 2. The lowest BCUT2D eigenvalue weighted by atomic mass is 10.2. The van der Waals surface area contributed by atoms with Crippen molar-refractivity contribution >= 4 is 9.84 Å². The second kappa shape index (κ2) is 4.70. The molecular formula is C13H9F3O2S. The van der Waals surface area contributed by atoms with Crippen molar-refractivity contribution in [3.05, 3.63) is 60.2 Å². The zero-order valence-electron chi connectivity index (χ0n) is 9.55. The summed E-state index contributed by atoms with van der Waals surface area (Å²) in [5.74, 6) is 0. The van der Waals surface area contributed by atoms with E-state index in [2.05, 4.69) is 0 Å². The largest absolute Gasteiger partial charge is 0.417 e. The molecule has 0 aliphatic rings. The fourth-order valence-corrected chi connectivity index (χ4v) is 3.16. The average Bonchev–Trinajstić information content (AvgIpc) is 2.39. The highest BCUT2D eigenvalue weighted by Gasteiger charge is 2.37. The van der Waals surface area contributed by atoms with Gasteiger partial charge in [-0.3, -0.25) is 0 Å². The molecule has 100 valence electrons. The van der Waals surface area contributed by atoms with Crippen molar-refractivity contribution in [2.75, 3.05) is 0 Å². The Bertz CT molecular complexity index is 677. The van der Waals surface area contributed by atoms with E-state index in [1.165, 1.54) is 30.3 Å². The minimum Gasteiger partial charge on any atom is -0.218 e. The van der Waals surface area contributed by atoms with Crippen molar-refractivity contribution in [3.8, 4) is 0 Å². The lowest BCUT2D eigenvalue weighted by molar-refractivity contribution is -0.139. The highest BCUT2D eigenvalue weighted by atomic mass is 32.2. The van der Waals surface area contributed by atoms with E-state index < -0.39 is 26.5 Å². The zero-order valence-corrected chi connectivity index (χ0v) is 10.4. The summed E-state index contributed by atoms with van der Waals surface area (Å²) in [7, 11) is -4.17. The molecular weight excluding hydrogens is 277 g/mol. The first kappa shape index (κ1) is 13.6. The molecule has 6 heteroatoms. The fraction of sp³-hybridized carbons (Fsp3) is 0.0769. The molecule has 2 nitrogen and oxygen atoms in total. The van der Waals surface area contributed by atoms with Gasteiger partial charge in [-0.15, -0.1) is 0 Å². The van der Waals surface area contributed by atoms with Crippen LogP contribution in [0.1, 0.15) is 5.56 Å². The van der Waals surface area contributed by atoms with Gasteiger partial charge in [0, 0.05) is 0 Å². The number of sulfone groups is 1. The summed E-state index contributed by atoms with van der Waals surface area (Å²) >= 11 is 0. The molecule has 0 spiro atoms. The maximum absolute atomic E-state index is 12.8. The Morgan fingerprint density at radius 1 is 0.789 bits per heavy atom. The van der Waals surface area contributed by atoms with Gasteiger partial charge in [0.1, 0.15) is 0 Å². The smallest absolute Gasteiger partial charge is 0.218 e. The van der Waals surface area contributed by atoms with Gasteiger partial charge in [0.05, 0.1) is 15.4 Å². The van der Waals surface area contributed by atoms with Crippen molar-refractivity contribution in [2.24, 2.45) is 0 Å². The Hall–Kier alpha value is -1.82. The summed E-state index contributed by atoms with van der Waals surface area (Å²) in [6.07, 6.45) is -4.71. The lowest BCUT2D eigenvalue weighted by Crippen LogP contribution is -2.13. The minimum atomic E-state index is -4.71. The summed E-state index contributed by atoms with van der Waals surface area (Å²) < 4.78 is 62.9. The summed E-state index contributed by atoms with van der Waals surface area (Å²) in [6.45, 7) is 0. The molecule has 0 unspecified atom stereocenters. The fourth-order valence-electron chi connectivity index (χ4n) is 1.66. The Labute approximate surface area is 108 Å². The first-order chi connectivity index (χ1) is 8.83. The summed E-state index contributed by atoms with van der Waals surface area (Å²) in [5, 5.41) is 0. The van der Waals surface area contributed by atoms with Crippen LogP contribution in [0.15, 0.2) is 64.4 Å². The monoisotopic (exact) mass is 286 g/mol. The van der Waals surface area contributed by atoms with Crippen molar-refractivity contribution < 1.29 is 21.6 Å². The summed E-state index contributed by atoms with van der Waals surface area (Å²) in [5.41, 5.74) is -1.15. The Morgan fingerprint density at radius 3 is 1.89 bits per heavy atom. The molecule has 0 saturated heterocycles. The molecule has 2 aromatic carbocycles. The van der Waals surface area contributed by atoms with E-state index in [0.717, 1.165) is 18.2 Å². The number of halogens is 3. The van der Waals surface area contributed by atoms with Crippen LogP contribution in [0.5, 0.6) is 0 Å². The normalized spacial score (nSPS) is 12.4. The number of benzene rings is 2. The van der Waals surface area contributed by atoms with Crippen LogP contribution in [0, 0.1) is 0 Å². The molecule has 2 aromatic rings. The molecule has 0 amide bonds. The molecule has 0 N–H and O–H groups in total. The van der Waals surface area contributed by atoms with Crippen LogP contribution in [0.2, 0.25) is 0 Å². The molecule has 0 atom stereocenters. The molecule has 0 radical (unpaired) electrons. The maximum Gasteiger partial charge on any atom is 0.417 e. The van der Waals surface area contributed by atoms with Gasteiger partial charge < -0.3 is 0 Å². The van der Waals surface area contributed by atoms with E-state index in [0.29, 0.717) is 0 Å². The van der Waals surface area contributed by atoms with Crippen LogP contribution >= 0.6 is 0 Å². The molecule has 0 aliphatic carbocycles. The summed E-state index contributed by atoms with van der Waals surface area (Å²) in [6, 6.07) is 11.2. The van der Waals surface area contributed by atoms with E-state index in [4.69, 9.17) is 0 Å². The van der Waals surface area contributed by atoms with Gasteiger partial charge in [0.25, 0.3) is 0 Å². The third kappa shape index (κ3) is 2.63. The van der Waals surface area contributed by atoms with Crippen LogP contribution in [0.3, 0.4) is 0 Å². The van der Waals surface area contributed by atoms with E-state index in [1.54, 1.807) is 6.07 Å². The predicted molar refractivity (Wildman–Crippen MR) is 63.3 cm³/mol. The molecule has 0 bridgehead atoms. The van der Waals surface area contributed by atoms with Crippen molar-refractivity contribution in [3.63, 3.8) is 0 Å². The van der Waals surface area contributed by atoms with Crippen molar-refractivity contribution in [1.82, 2.24) is 0 Å². The standard InChI is InChI=1S/C13H9F3O2S/c14-13(15,16)11-8-4-5-9-12(11)19(17,18)10-6-2-1-3-7-10/h1-9H. The topological polar surface area (TPSA) is 34.1 Å². The van der Waals surface area contributed by atoms with Gasteiger partial charge in [0.2, 0.25) is 9.84 Å². The predicted octanol–water partition coefficient (Wildman–Crippen LogP) is 3.54. The lowest BCUT2D eigenvalue weighted by Gasteiger charge is -2.12. The molecule has 0 heterocycles. The van der Waals surface area contributed by atoms with E-state index in [1.807, 2.05) is 0 Å². The molecule has 0 aromatic heterocycles. The van der Waals surface area contributed by atoms with Crippen molar-refractivity contribution in [1.29, 1.82) is 0 Å².